The number of H-pyrrole nitrogens is 2. The van der Waals surface area contributed by atoms with Crippen molar-refractivity contribution in [2.45, 2.75) is 66.2 Å². The van der Waals surface area contributed by atoms with Crippen LogP contribution in [-0.4, -0.2) is 21.4 Å². The maximum absolute atomic E-state index is 4.89. The predicted molar refractivity (Wildman–Crippen MR) is 121 cm³/mol. The van der Waals surface area contributed by atoms with Crippen LogP contribution in [0.5, 0.6) is 0 Å². The third-order valence-corrected chi connectivity index (χ3v) is 5.99. The summed E-state index contributed by atoms with van der Waals surface area (Å²) in [6.45, 7) is 17.1. The largest absolute Gasteiger partial charge is 0.358 e. The van der Waals surface area contributed by atoms with Crippen molar-refractivity contribution >= 4 is 23.6 Å². The second kappa shape index (κ2) is 7.08. The molecule has 1 aliphatic rings. The Morgan fingerprint density at radius 1 is 0.607 bits per heavy atom. The van der Waals surface area contributed by atoms with Gasteiger partial charge in [-0.1, -0.05) is 0 Å². The molecular weight excluding hydrogens is 344 g/mol. The Morgan fingerprint density at radius 2 is 0.964 bits per heavy atom. The fourth-order valence-corrected chi connectivity index (χ4v) is 3.43. The zero-order chi connectivity index (χ0) is 20.7. The molecule has 0 saturated heterocycles. The lowest BCUT2D eigenvalue weighted by molar-refractivity contribution is 0.687. The zero-order valence-corrected chi connectivity index (χ0v) is 18.4. The van der Waals surface area contributed by atoms with E-state index in [2.05, 4.69) is 87.9 Å². The number of hydrogen-bond donors (Lipinski definition) is 2. The predicted octanol–water partition coefficient (Wildman–Crippen LogP) is 6.26. The molecule has 4 bridgehead atoms. The van der Waals surface area contributed by atoms with Gasteiger partial charge in [-0.15, -0.1) is 0 Å². The average molecular weight is 377 g/mol. The van der Waals surface area contributed by atoms with Gasteiger partial charge in [0, 0.05) is 56.4 Å². The number of fused-ring (bicyclic) bond motifs is 4. The van der Waals surface area contributed by atoms with E-state index < -0.39 is 0 Å². The molecule has 0 aromatic carbocycles. The van der Waals surface area contributed by atoms with Gasteiger partial charge in [-0.3, -0.25) is 9.98 Å². The van der Waals surface area contributed by atoms with Gasteiger partial charge < -0.3 is 9.97 Å². The molecule has 2 N–H and O–H groups in total. The molecule has 2 aromatic heterocycles. The standard InChI is InChI=1S/C24H32N4/c1-15-13-19-9-11-22(27-19)24(7,8)18(4)26-16(2)14-20-10-12-21(28-20)23(5,6)17(3)25-15/h9-14,27-28H,1-8H3/b15-13-,16-14-,25-17?,26-18?. The summed E-state index contributed by atoms with van der Waals surface area (Å²) < 4.78 is 0. The maximum Gasteiger partial charge on any atom is 0.0427 e. The van der Waals surface area contributed by atoms with Crippen molar-refractivity contribution in [3.63, 3.8) is 0 Å². The van der Waals surface area contributed by atoms with Crippen LogP contribution in [0.15, 0.2) is 45.6 Å². The lowest BCUT2D eigenvalue weighted by atomic mass is 9.84. The van der Waals surface area contributed by atoms with E-state index in [4.69, 9.17) is 9.98 Å². The van der Waals surface area contributed by atoms with Gasteiger partial charge in [-0.2, -0.15) is 0 Å². The van der Waals surface area contributed by atoms with Crippen LogP contribution >= 0.6 is 0 Å². The van der Waals surface area contributed by atoms with Crippen molar-refractivity contribution < 1.29 is 0 Å². The number of allylic oxidation sites excluding steroid dienone is 2. The first kappa shape index (κ1) is 20.1. The third kappa shape index (κ3) is 3.82. The Kier molecular flexibility index (Phi) is 5.09. The lowest BCUT2D eigenvalue weighted by Crippen LogP contribution is -2.27. The van der Waals surface area contributed by atoms with Crippen LogP contribution in [0.3, 0.4) is 0 Å². The van der Waals surface area contributed by atoms with E-state index in [1.54, 1.807) is 0 Å². The quantitative estimate of drug-likeness (QED) is 0.545. The van der Waals surface area contributed by atoms with Crippen LogP contribution in [0.1, 0.15) is 78.2 Å². The summed E-state index contributed by atoms with van der Waals surface area (Å²) in [6, 6.07) is 8.52. The minimum atomic E-state index is -0.186. The Labute approximate surface area is 168 Å². The van der Waals surface area contributed by atoms with E-state index >= 15 is 0 Å². The second-order valence-electron chi connectivity index (χ2n) is 8.87. The maximum atomic E-state index is 4.89. The Bertz CT molecular complexity index is 921. The fraction of sp³-hybridized carbons (Fsp3) is 0.417. The third-order valence-electron chi connectivity index (χ3n) is 5.99. The highest BCUT2D eigenvalue weighted by atomic mass is 14.8. The Balaban J connectivity index is 2.20. The lowest BCUT2D eigenvalue weighted by Gasteiger charge is -2.24. The summed E-state index contributed by atoms with van der Waals surface area (Å²) in [4.78, 5) is 16.9. The van der Waals surface area contributed by atoms with Gasteiger partial charge in [0.25, 0.3) is 0 Å². The first-order valence-corrected chi connectivity index (χ1v) is 9.87. The molecule has 0 atom stereocenters. The number of aromatic amines is 2. The van der Waals surface area contributed by atoms with E-state index in [0.717, 1.165) is 45.6 Å². The molecule has 4 heteroatoms. The topological polar surface area (TPSA) is 56.3 Å². The van der Waals surface area contributed by atoms with E-state index in [1.807, 2.05) is 13.8 Å². The van der Waals surface area contributed by atoms with Crippen molar-refractivity contribution in [1.29, 1.82) is 0 Å². The minimum Gasteiger partial charge on any atom is -0.358 e. The van der Waals surface area contributed by atoms with Gasteiger partial charge in [-0.25, -0.2) is 0 Å². The molecule has 0 unspecified atom stereocenters. The van der Waals surface area contributed by atoms with Crippen LogP contribution < -0.4 is 0 Å². The van der Waals surface area contributed by atoms with Crippen LogP contribution in [0, 0.1) is 0 Å². The summed E-state index contributed by atoms with van der Waals surface area (Å²) in [5.74, 6) is 0. The number of hydrogen-bond acceptors (Lipinski definition) is 2. The number of nitrogens with zero attached hydrogens (tertiary/aromatic N) is 2. The van der Waals surface area contributed by atoms with Gasteiger partial charge in [-0.05, 0) is 91.8 Å². The zero-order valence-electron chi connectivity index (χ0n) is 18.4. The van der Waals surface area contributed by atoms with Gasteiger partial charge in [0.15, 0.2) is 0 Å². The normalized spacial score (nSPS) is 23.1. The smallest absolute Gasteiger partial charge is 0.0427 e. The first-order chi connectivity index (χ1) is 13.0. The van der Waals surface area contributed by atoms with Crippen molar-refractivity contribution in [2.24, 2.45) is 9.98 Å². The molecule has 3 rings (SSSR count). The molecule has 0 radical (unpaired) electrons. The molecule has 0 fully saturated rings. The van der Waals surface area contributed by atoms with E-state index in [9.17, 15) is 0 Å². The van der Waals surface area contributed by atoms with E-state index in [1.165, 1.54) is 0 Å². The highest BCUT2D eigenvalue weighted by Gasteiger charge is 2.27. The molecule has 2 aromatic rings. The van der Waals surface area contributed by atoms with Crippen LogP contribution in [0.4, 0.5) is 0 Å². The molecule has 0 aliphatic carbocycles. The van der Waals surface area contributed by atoms with E-state index in [0.29, 0.717) is 0 Å². The summed E-state index contributed by atoms with van der Waals surface area (Å²) in [6.07, 6.45) is 4.20. The highest BCUT2D eigenvalue weighted by Crippen LogP contribution is 2.28. The number of nitrogens with one attached hydrogen (secondary N) is 2. The summed E-state index contributed by atoms with van der Waals surface area (Å²) in [5, 5.41) is 0. The molecule has 148 valence electrons. The van der Waals surface area contributed by atoms with Crippen LogP contribution in [0.2, 0.25) is 0 Å². The Hall–Kier alpha value is -2.62. The molecule has 0 saturated carbocycles. The number of aromatic nitrogens is 2. The van der Waals surface area contributed by atoms with Crippen molar-refractivity contribution in [2.75, 3.05) is 0 Å². The second-order valence-corrected chi connectivity index (χ2v) is 8.87. The monoisotopic (exact) mass is 376 g/mol. The average Bonchev–Trinajstić information content (AvgIpc) is 3.23. The summed E-state index contributed by atoms with van der Waals surface area (Å²) in [5.41, 5.74) is 8.16. The van der Waals surface area contributed by atoms with Crippen LogP contribution in [-0.2, 0) is 10.8 Å². The van der Waals surface area contributed by atoms with Crippen molar-refractivity contribution in [3.05, 3.63) is 58.4 Å². The van der Waals surface area contributed by atoms with Crippen molar-refractivity contribution in [1.82, 2.24) is 9.97 Å². The van der Waals surface area contributed by atoms with Gasteiger partial charge in [0.1, 0.15) is 0 Å². The van der Waals surface area contributed by atoms with Crippen LogP contribution in [0.25, 0.3) is 12.2 Å². The highest BCUT2D eigenvalue weighted by molar-refractivity contribution is 5.94. The molecular formula is C24H32N4. The molecule has 0 amide bonds. The number of rotatable bonds is 0. The molecule has 1 aliphatic heterocycles. The van der Waals surface area contributed by atoms with Gasteiger partial charge in [0.2, 0.25) is 0 Å². The SMILES string of the molecule is CC1=N/C(C)=C\c2ccc([nH]2)C(C)(C)C(C)=N/C(C)=C\c2ccc([nH]2)C1(C)C. The fourth-order valence-electron chi connectivity index (χ4n) is 3.43. The molecule has 28 heavy (non-hydrogen) atoms. The van der Waals surface area contributed by atoms with Crippen molar-refractivity contribution in [3.8, 4) is 0 Å². The molecule has 0 spiro atoms. The number of aliphatic imine (C=N–C) groups is 2. The Morgan fingerprint density at radius 3 is 1.32 bits per heavy atom. The first-order valence-electron chi connectivity index (χ1n) is 9.87. The molecule has 4 nitrogen and oxygen atoms in total. The van der Waals surface area contributed by atoms with Gasteiger partial charge in [0.05, 0.1) is 0 Å². The summed E-state index contributed by atoms with van der Waals surface area (Å²) in [7, 11) is 0. The minimum absolute atomic E-state index is 0.186. The van der Waals surface area contributed by atoms with E-state index in [-0.39, 0.29) is 10.8 Å². The summed E-state index contributed by atoms with van der Waals surface area (Å²) >= 11 is 0. The molecule has 3 heterocycles. The van der Waals surface area contributed by atoms with Gasteiger partial charge >= 0.3 is 0 Å².